The maximum absolute atomic E-state index is 5.65. The largest absolute Gasteiger partial charge is 0.397 e. The molecule has 2 aromatic rings. The van der Waals surface area contributed by atoms with Gasteiger partial charge in [-0.15, -0.1) is 0 Å². The molecule has 6 heteroatoms. The Bertz CT molecular complexity index is 576. The molecule has 0 saturated heterocycles. The Kier molecular flexibility index (Phi) is 3.56. The fourth-order valence-electron chi connectivity index (χ4n) is 1.83. The van der Waals surface area contributed by atoms with Gasteiger partial charge in [0.1, 0.15) is 5.82 Å². The maximum atomic E-state index is 5.65. The fourth-order valence-corrected chi connectivity index (χ4v) is 2.34. The van der Waals surface area contributed by atoms with Crippen LogP contribution in [0.3, 0.4) is 0 Å². The molecule has 0 unspecified atom stereocenters. The van der Waals surface area contributed by atoms with Crippen LogP contribution in [0.2, 0.25) is 0 Å². The van der Waals surface area contributed by atoms with Crippen molar-refractivity contribution in [2.24, 2.45) is 7.05 Å². The summed E-state index contributed by atoms with van der Waals surface area (Å²) in [5, 5.41) is 7.67. The molecule has 5 nitrogen and oxygen atoms in total. The minimum absolute atomic E-state index is 0.640. The zero-order valence-electron chi connectivity index (χ0n) is 10.7. The molecular weight excluding hydrogens is 294 g/mol. The van der Waals surface area contributed by atoms with Crippen LogP contribution in [0.5, 0.6) is 0 Å². The molecule has 2 rings (SSSR count). The molecular formula is C12H16BrN5. The summed E-state index contributed by atoms with van der Waals surface area (Å²) >= 11 is 3.44. The Balaban J connectivity index is 2.16. The number of nitrogens with zero attached hydrogens (tertiary/aromatic N) is 3. The summed E-state index contributed by atoms with van der Waals surface area (Å²) in [4.78, 5) is 4.25. The van der Waals surface area contributed by atoms with Gasteiger partial charge >= 0.3 is 0 Å². The lowest BCUT2D eigenvalue weighted by Crippen LogP contribution is -2.04. The van der Waals surface area contributed by atoms with Crippen LogP contribution < -0.4 is 11.1 Å². The topological polar surface area (TPSA) is 68.8 Å². The second-order valence-electron chi connectivity index (χ2n) is 4.23. The average molecular weight is 310 g/mol. The first kappa shape index (κ1) is 12.9. The van der Waals surface area contributed by atoms with Crippen molar-refractivity contribution in [1.29, 1.82) is 0 Å². The van der Waals surface area contributed by atoms with Crippen LogP contribution >= 0.6 is 15.9 Å². The van der Waals surface area contributed by atoms with E-state index in [0.717, 1.165) is 21.7 Å². The van der Waals surface area contributed by atoms with Gasteiger partial charge in [0.25, 0.3) is 0 Å². The van der Waals surface area contributed by atoms with E-state index in [1.54, 1.807) is 6.20 Å². The smallest absolute Gasteiger partial charge is 0.140 e. The third kappa shape index (κ3) is 2.48. The quantitative estimate of drug-likeness (QED) is 0.913. The Morgan fingerprint density at radius 1 is 1.44 bits per heavy atom. The van der Waals surface area contributed by atoms with Gasteiger partial charge in [-0.25, -0.2) is 4.98 Å². The van der Waals surface area contributed by atoms with Gasteiger partial charge in [-0.2, -0.15) is 5.10 Å². The molecule has 0 spiro atoms. The lowest BCUT2D eigenvalue weighted by Gasteiger charge is -2.08. The highest BCUT2D eigenvalue weighted by molar-refractivity contribution is 9.10. The van der Waals surface area contributed by atoms with Gasteiger partial charge in [0, 0.05) is 24.8 Å². The van der Waals surface area contributed by atoms with Gasteiger partial charge in [-0.1, -0.05) is 0 Å². The monoisotopic (exact) mass is 309 g/mol. The Labute approximate surface area is 115 Å². The molecule has 0 atom stereocenters. The first-order valence-electron chi connectivity index (χ1n) is 5.63. The predicted molar refractivity (Wildman–Crippen MR) is 76.4 cm³/mol. The van der Waals surface area contributed by atoms with E-state index in [2.05, 4.69) is 38.3 Å². The number of pyridine rings is 1. The first-order valence-corrected chi connectivity index (χ1v) is 6.42. The van der Waals surface area contributed by atoms with E-state index in [1.165, 1.54) is 5.56 Å². The van der Waals surface area contributed by atoms with Crippen molar-refractivity contribution in [2.75, 3.05) is 11.1 Å². The summed E-state index contributed by atoms with van der Waals surface area (Å²) in [7, 11) is 1.95. The Morgan fingerprint density at radius 3 is 2.72 bits per heavy atom. The van der Waals surface area contributed by atoms with E-state index in [4.69, 9.17) is 5.73 Å². The number of halogens is 1. The van der Waals surface area contributed by atoms with E-state index in [9.17, 15) is 0 Å². The fraction of sp³-hybridized carbons (Fsp3) is 0.333. The summed E-state index contributed by atoms with van der Waals surface area (Å²) in [5.74, 6) is 0.784. The number of anilines is 2. The highest BCUT2D eigenvalue weighted by atomic mass is 79.9. The van der Waals surface area contributed by atoms with Gasteiger partial charge < -0.3 is 11.1 Å². The number of aryl methyl sites for hydroxylation is 2. The van der Waals surface area contributed by atoms with Crippen molar-refractivity contribution >= 4 is 27.4 Å². The van der Waals surface area contributed by atoms with Crippen LogP contribution in [0.25, 0.3) is 0 Å². The summed E-state index contributed by atoms with van der Waals surface area (Å²) < 4.78 is 2.75. The zero-order chi connectivity index (χ0) is 13.3. The molecule has 0 radical (unpaired) electrons. The standard InChI is InChI=1S/C12H16BrN5/c1-7-10(8(2)18(3)17-7)6-16-12-11(13)4-9(14)5-15-12/h4-5H,6,14H2,1-3H3,(H,15,16). The molecule has 3 N–H and O–H groups in total. The number of aromatic nitrogens is 3. The molecule has 2 heterocycles. The van der Waals surface area contributed by atoms with E-state index < -0.39 is 0 Å². The lowest BCUT2D eigenvalue weighted by atomic mass is 10.2. The van der Waals surface area contributed by atoms with Crippen molar-refractivity contribution in [2.45, 2.75) is 20.4 Å². The van der Waals surface area contributed by atoms with Crippen LogP contribution in [0.4, 0.5) is 11.5 Å². The average Bonchev–Trinajstić information content (AvgIpc) is 2.53. The van der Waals surface area contributed by atoms with E-state index in [1.807, 2.05) is 24.7 Å². The normalized spacial score (nSPS) is 10.7. The number of nitrogens with one attached hydrogen (secondary N) is 1. The molecule has 0 amide bonds. The minimum Gasteiger partial charge on any atom is -0.397 e. The number of hydrogen-bond donors (Lipinski definition) is 2. The summed E-state index contributed by atoms with van der Waals surface area (Å²) in [6.45, 7) is 4.76. The summed E-state index contributed by atoms with van der Waals surface area (Å²) in [6, 6.07) is 1.83. The molecule has 96 valence electrons. The molecule has 0 aliphatic carbocycles. The van der Waals surface area contributed by atoms with Crippen molar-refractivity contribution in [1.82, 2.24) is 14.8 Å². The highest BCUT2D eigenvalue weighted by Crippen LogP contribution is 2.23. The van der Waals surface area contributed by atoms with Crippen molar-refractivity contribution in [3.05, 3.63) is 33.7 Å². The number of nitrogen functional groups attached to an aromatic ring is 1. The molecule has 0 aliphatic rings. The molecule has 18 heavy (non-hydrogen) atoms. The van der Waals surface area contributed by atoms with Crippen molar-refractivity contribution in [3.8, 4) is 0 Å². The molecule has 0 aliphatic heterocycles. The molecule has 0 saturated carbocycles. The first-order chi connectivity index (χ1) is 8.49. The second-order valence-corrected chi connectivity index (χ2v) is 5.08. The van der Waals surface area contributed by atoms with Crippen molar-refractivity contribution in [3.63, 3.8) is 0 Å². The van der Waals surface area contributed by atoms with Crippen molar-refractivity contribution < 1.29 is 0 Å². The minimum atomic E-state index is 0.640. The number of nitrogens with two attached hydrogens (primary N) is 1. The van der Waals surface area contributed by atoms with E-state index in [-0.39, 0.29) is 0 Å². The van der Waals surface area contributed by atoms with Gasteiger partial charge in [0.2, 0.25) is 0 Å². The number of hydrogen-bond acceptors (Lipinski definition) is 4. The van der Waals surface area contributed by atoms with Crippen LogP contribution in [0, 0.1) is 13.8 Å². The molecule has 0 fully saturated rings. The second kappa shape index (κ2) is 4.97. The molecule has 0 aromatic carbocycles. The zero-order valence-corrected chi connectivity index (χ0v) is 12.2. The van der Waals surface area contributed by atoms with Crippen LogP contribution in [-0.4, -0.2) is 14.8 Å². The Hall–Kier alpha value is -1.56. The summed E-state index contributed by atoms with van der Waals surface area (Å²) in [6.07, 6.45) is 1.63. The SMILES string of the molecule is Cc1nn(C)c(C)c1CNc1ncc(N)cc1Br. The van der Waals surface area contributed by atoms with Gasteiger partial charge in [-0.3, -0.25) is 4.68 Å². The van der Waals surface area contributed by atoms with Crippen LogP contribution in [0.15, 0.2) is 16.7 Å². The number of rotatable bonds is 3. The maximum Gasteiger partial charge on any atom is 0.140 e. The van der Waals surface area contributed by atoms with Gasteiger partial charge in [0.15, 0.2) is 0 Å². The van der Waals surface area contributed by atoms with E-state index in [0.29, 0.717) is 12.2 Å². The van der Waals surface area contributed by atoms with Crippen LogP contribution in [0.1, 0.15) is 17.0 Å². The molecule has 0 bridgehead atoms. The predicted octanol–water partition coefficient (Wildman–Crippen LogP) is 2.39. The van der Waals surface area contributed by atoms with Crippen LogP contribution in [-0.2, 0) is 13.6 Å². The molecule has 2 aromatic heterocycles. The van der Waals surface area contributed by atoms with Gasteiger partial charge in [0.05, 0.1) is 22.1 Å². The summed E-state index contributed by atoms with van der Waals surface area (Å²) in [5.41, 5.74) is 9.68. The lowest BCUT2D eigenvalue weighted by molar-refractivity contribution is 0.730. The third-order valence-electron chi connectivity index (χ3n) is 2.95. The Morgan fingerprint density at radius 2 is 2.17 bits per heavy atom. The highest BCUT2D eigenvalue weighted by Gasteiger charge is 2.10. The van der Waals surface area contributed by atoms with Gasteiger partial charge in [-0.05, 0) is 35.8 Å². The van der Waals surface area contributed by atoms with E-state index >= 15 is 0 Å². The third-order valence-corrected chi connectivity index (χ3v) is 3.56.